The Morgan fingerprint density at radius 1 is 1.06 bits per heavy atom. The number of benzene rings is 1. The van der Waals surface area contributed by atoms with Gasteiger partial charge in [-0.1, -0.05) is 18.2 Å². The van der Waals surface area contributed by atoms with Crippen molar-refractivity contribution in [1.82, 2.24) is 4.98 Å². The molecule has 0 fully saturated rings. The first-order valence-electron chi connectivity index (χ1n) is 4.98. The predicted molar refractivity (Wildman–Crippen MR) is 66.1 cm³/mol. The van der Waals surface area contributed by atoms with Crippen LogP contribution in [0.2, 0.25) is 0 Å². The zero-order valence-electron chi connectivity index (χ0n) is 8.46. The smallest absolute Gasteiger partial charge is 0.220 e. The Labute approximate surface area is 97.1 Å². The van der Waals surface area contributed by atoms with Crippen molar-refractivity contribution >= 4 is 21.4 Å². The lowest BCUT2D eigenvalue weighted by molar-refractivity contribution is 0.464. The number of fused-ring (bicyclic) bond motifs is 1. The average molecular weight is 227 g/mol. The van der Waals surface area contributed by atoms with Crippen LogP contribution in [0.4, 0.5) is 0 Å². The molecule has 0 aliphatic carbocycles. The number of rotatable bonds is 2. The van der Waals surface area contributed by atoms with Crippen LogP contribution >= 0.6 is 11.3 Å². The number of hydrogen-bond donors (Lipinski definition) is 0. The number of thiophene rings is 1. The molecule has 16 heavy (non-hydrogen) atoms. The lowest BCUT2D eigenvalue weighted by Gasteiger charge is -2.03. The molecule has 78 valence electrons. The Balaban J connectivity index is 1.94. The van der Waals surface area contributed by atoms with Crippen LogP contribution in [0.1, 0.15) is 0 Å². The minimum absolute atomic E-state index is 0.640. The highest BCUT2D eigenvalue weighted by Gasteiger charge is 2.00. The molecule has 2 heterocycles. The van der Waals surface area contributed by atoms with Crippen LogP contribution in [-0.4, -0.2) is 4.98 Å². The number of aromatic nitrogens is 1. The van der Waals surface area contributed by atoms with E-state index in [2.05, 4.69) is 16.4 Å². The Morgan fingerprint density at radius 3 is 2.81 bits per heavy atom. The summed E-state index contributed by atoms with van der Waals surface area (Å²) < 4.78 is 6.85. The van der Waals surface area contributed by atoms with Gasteiger partial charge in [0.1, 0.15) is 5.75 Å². The predicted octanol–water partition coefficient (Wildman–Crippen LogP) is 4.09. The van der Waals surface area contributed by atoms with Gasteiger partial charge in [0.25, 0.3) is 0 Å². The fourth-order valence-electron chi connectivity index (χ4n) is 1.50. The van der Waals surface area contributed by atoms with E-state index >= 15 is 0 Å². The lowest BCUT2D eigenvalue weighted by Crippen LogP contribution is -1.86. The van der Waals surface area contributed by atoms with Crippen LogP contribution in [0.3, 0.4) is 0 Å². The maximum absolute atomic E-state index is 5.65. The molecule has 0 aliphatic heterocycles. The van der Waals surface area contributed by atoms with Gasteiger partial charge in [-0.05, 0) is 23.6 Å². The summed E-state index contributed by atoms with van der Waals surface area (Å²) in [6.07, 6.45) is 1.84. The molecule has 0 spiro atoms. The molecule has 3 aromatic rings. The molecule has 0 amide bonds. The van der Waals surface area contributed by atoms with Crippen LogP contribution in [0.5, 0.6) is 11.6 Å². The quantitative estimate of drug-likeness (QED) is 0.658. The molecule has 3 heteroatoms. The summed E-state index contributed by atoms with van der Waals surface area (Å²) in [5.41, 5.74) is 0. The Morgan fingerprint density at radius 2 is 1.94 bits per heavy atom. The Kier molecular flexibility index (Phi) is 2.31. The number of hydrogen-bond acceptors (Lipinski definition) is 3. The van der Waals surface area contributed by atoms with Gasteiger partial charge in [0, 0.05) is 22.3 Å². The van der Waals surface area contributed by atoms with Crippen molar-refractivity contribution in [2.45, 2.75) is 0 Å². The second-order valence-corrected chi connectivity index (χ2v) is 4.34. The Hall–Kier alpha value is -1.87. The zero-order chi connectivity index (χ0) is 10.8. The minimum atomic E-state index is 0.640. The molecular formula is C13H9NOS. The molecule has 3 rings (SSSR count). The van der Waals surface area contributed by atoms with Crippen LogP contribution in [0.15, 0.2) is 54.0 Å². The van der Waals surface area contributed by atoms with Gasteiger partial charge in [-0.15, -0.1) is 11.3 Å². The van der Waals surface area contributed by atoms with E-state index in [1.807, 2.05) is 42.6 Å². The summed E-state index contributed by atoms with van der Waals surface area (Å²) in [5.74, 6) is 1.45. The minimum Gasteiger partial charge on any atom is -0.439 e. The zero-order valence-corrected chi connectivity index (χ0v) is 9.28. The average Bonchev–Trinajstić information content (AvgIpc) is 2.77. The van der Waals surface area contributed by atoms with Crippen molar-refractivity contribution < 1.29 is 4.74 Å². The van der Waals surface area contributed by atoms with Gasteiger partial charge in [0.15, 0.2) is 0 Å². The molecule has 0 radical (unpaired) electrons. The van der Waals surface area contributed by atoms with E-state index in [4.69, 9.17) is 4.74 Å². The third-order valence-electron chi connectivity index (χ3n) is 2.28. The monoisotopic (exact) mass is 227 g/mol. The largest absolute Gasteiger partial charge is 0.439 e. The molecule has 0 saturated heterocycles. The van der Waals surface area contributed by atoms with E-state index in [9.17, 15) is 0 Å². The SMILES string of the molecule is c1ccc(Oc2cc3sccc3cn2)cc1. The van der Waals surface area contributed by atoms with E-state index in [-0.39, 0.29) is 0 Å². The number of pyridine rings is 1. The van der Waals surface area contributed by atoms with Gasteiger partial charge < -0.3 is 4.74 Å². The van der Waals surface area contributed by atoms with Gasteiger partial charge in [-0.3, -0.25) is 0 Å². The molecule has 0 bridgehead atoms. The van der Waals surface area contributed by atoms with Crippen molar-refractivity contribution in [2.24, 2.45) is 0 Å². The van der Waals surface area contributed by atoms with Crippen molar-refractivity contribution in [3.05, 3.63) is 54.0 Å². The van der Waals surface area contributed by atoms with E-state index in [0.717, 1.165) is 11.1 Å². The number of nitrogens with zero attached hydrogens (tertiary/aromatic N) is 1. The molecular weight excluding hydrogens is 218 g/mol. The molecule has 1 aromatic carbocycles. The molecule has 2 aromatic heterocycles. The summed E-state index contributed by atoms with van der Waals surface area (Å²) >= 11 is 1.69. The molecule has 0 unspecified atom stereocenters. The summed E-state index contributed by atoms with van der Waals surface area (Å²) in [4.78, 5) is 4.26. The standard InChI is InChI=1S/C13H9NOS/c1-2-4-11(5-3-1)15-13-8-12-10(9-14-13)6-7-16-12/h1-9H. The van der Waals surface area contributed by atoms with Gasteiger partial charge in [-0.25, -0.2) is 4.98 Å². The molecule has 0 N–H and O–H groups in total. The maximum Gasteiger partial charge on any atom is 0.220 e. The second-order valence-electron chi connectivity index (χ2n) is 3.40. The van der Waals surface area contributed by atoms with E-state index in [1.165, 1.54) is 4.70 Å². The fourth-order valence-corrected chi connectivity index (χ4v) is 2.29. The number of para-hydroxylation sites is 1. The molecule has 0 saturated carbocycles. The summed E-state index contributed by atoms with van der Waals surface area (Å²) in [7, 11) is 0. The maximum atomic E-state index is 5.65. The molecule has 2 nitrogen and oxygen atoms in total. The highest BCUT2D eigenvalue weighted by molar-refractivity contribution is 7.17. The van der Waals surface area contributed by atoms with Crippen LogP contribution in [0, 0.1) is 0 Å². The third-order valence-corrected chi connectivity index (χ3v) is 3.16. The van der Waals surface area contributed by atoms with Crippen molar-refractivity contribution in [1.29, 1.82) is 0 Å². The van der Waals surface area contributed by atoms with E-state index in [0.29, 0.717) is 5.88 Å². The van der Waals surface area contributed by atoms with Gasteiger partial charge in [0.05, 0.1) is 0 Å². The first kappa shape index (κ1) is 9.36. The third kappa shape index (κ3) is 1.77. The summed E-state index contributed by atoms with van der Waals surface area (Å²) in [6, 6.07) is 13.7. The van der Waals surface area contributed by atoms with E-state index < -0.39 is 0 Å². The second kappa shape index (κ2) is 3.94. The summed E-state index contributed by atoms with van der Waals surface area (Å²) in [6.45, 7) is 0. The number of ether oxygens (including phenoxy) is 1. The first-order valence-corrected chi connectivity index (χ1v) is 5.86. The van der Waals surface area contributed by atoms with Crippen molar-refractivity contribution in [3.8, 4) is 11.6 Å². The van der Waals surface area contributed by atoms with Crippen molar-refractivity contribution in [3.63, 3.8) is 0 Å². The van der Waals surface area contributed by atoms with Crippen LogP contribution in [0.25, 0.3) is 10.1 Å². The normalized spacial score (nSPS) is 10.5. The van der Waals surface area contributed by atoms with Gasteiger partial charge in [-0.2, -0.15) is 0 Å². The topological polar surface area (TPSA) is 22.1 Å². The van der Waals surface area contributed by atoms with Crippen molar-refractivity contribution in [2.75, 3.05) is 0 Å². The Bertz CT molecular complexity index is 603. The fraction of sp³-hybridized carbons (Fsp3) is 0. The van der Waals surface area contributed by atoms with E-state index in [1.54, 1.807) is 11.3 Å². The van der Waals surface area contributed by atoms with Gasteiger partial charge >= 0.3 is 0 Å². The highest BCUT2D eigenvalue weighted by atomic mass is 32.1. The lowest BCUT2D eigenvalue weighted by atomic mass is 10.3. The highest BCUT2D eigenvalue weighted by Crippen LogP contribution is 2.26. The molecule has 0 atom stereocenters. The van der Waals surface area contributed by atoms with Crippen LogP contribution in [-0.2, 0) is 0 Å². The molecule has 0 aliphatic rings. The van der Waals surface area contributed by atoms with Crippen LogP contribution < -0.4 is 4.74 Å². The first-order chi connectivity index (χ1) is 7.92. The van der Waals surface area contributed by atoms with Gasteiger partial charge in [0.2, 0.25) is 5.88 Å². The summed E-state index contributed by atoms with van der Waals surface area (Å²) in [5, 5.41) is 3.21.